The van der Waals surface area contributed by atoms with Crippen LogP contribution in [0.3, 0.4) is 0 Å². The largest absolute Gasteiger partial charge is 0.478 e. The number of halogens is 8. The number of carbonyl (C=O) groups excluding carboxylic acids is 1. The van der Waals surface area contributed by atoms with Crippen LogP contribution in [0.15, 0.2) is 0 Å². The molecule has 0 saturated heterocycles. The van der Waals surface area contributed by atoms with Gasteiger partial charge in [0, 0.05) is 0 Å². The second-order valence-corrected chi connectivity index (χ2v) is 7.98. The second-order valence-electron chi connectivity index (χ2n) is 4.95. The first-order valence-corrected chi connectivity index (χ1v) is 9.60. The number of carboxylic acid groups (broad SMARTS) is 2. The number of ketones is 1. The maximum absolute atomic E-state index is 13.2. The van der Waals surface area contributed by atoms with Crippen molar-refractivity contribution in [1.82, 2.24) is 0 Å². The Morgan fingerprint density at radius 2 is 0.643 bits per heavy atom. The molecule has 0 amide bonds. The number of hydrogen-bond acceptors (Lipinski definition) is 3. The fraction of sp³-hybridized carbons (Fsp3) is 0. The highest BCUT2D eigenvalue weighted by atomic mass is 35.5. The monoisotopic (exact) mass is 542 g/mol. The lowest BCUT2D eigenvalue weighted by Crippen LogP contribution is -2.17. The molecule has 28 heavy (non-hydrogen) atoms. The van der Waals surface area contributed by atoms with Gasteiger partial charge in [0.2, 0.25) is 0 Å². The predicted molar refractivity (Wildman–Crippen MR) is 110 cm³/mol. The molecule has 13 heteroatoms. The summed E-state index contributed by atoms with van der Waals surface area (Å²) in [4.78, 5) is 36.5. The Morgan fingerprint density at radius 1 is 0.429 bits per heavy atom. The van der Waals surface area contributed by atoms with Crippen LogP contribution in [0.5, 0.6) is 0 Å². The van der Waals surface area contributed by atoms with Crippen LogP contribution in [0.2, 0.25) is 40.2 Å². The van der Waals surface area contributed by atoms with Crippen LogP contribution >= 0.6 is 92.8 Å². The molecular formula is C15H2Cl8O5. The Morgan fingerprint density at radius 3 is 0.857 bits per heavy atom. The predicted octanol–water partition coefficient (Wildman–Crippen LogP) is 7.54. The van der Waals surface area contributed by atoms with Crippen molar-refractivity contribution in [2.75, 3.05) is 0 Å². The van der Waals surface area contributed by atoms with Gasteiger partial charge in [-0.2, -0.15) is 0 Å². The van der Waals surface area contributed by atoms with Crippen LogP contribution in [0, 0.1) is 0 Å². The fourth-order valence-electron chi connectivity index (χ4n) is 2.22. The third-order valence-electron chi connectivity index (χ3n) is 3.42. The number of rotatable bonds is 4. The first-order chi connectivity index (χ1) is 12.8. The van der Waals surface area contributed by atoms with Crippen molar-refractivity contribution in [1.29, 1.82) is 0 Å². The van der Waals surface area contributed by atoms with Crippen molar-refractivity contribution in [2.45, 2.75) is 0 Å². The highest BCUT2D eigenvalue weighted by molar-refractivity contribution is 6.56. The van der Waals surface area contributed by atoms with E-state index in [1.54, 1.807) is 0 Å². The normalized spacial score (nSPS) is 10.9. The molecule has 0 saturated carbocycles. The van der Waals surface area contributed by atoms with Crippen LogP contribution in [0.4, 0.5) is 0 Å². The summed E-state index contributed by atoms with van der Waals surface area (Å²) < 4.78 is 0. The molecule has 148 valence electrons. The van der Waals surface area contributed by atoms with Gasteiger partial charge >= 0.3 is 11.9 Å². The van der Waals surface area contributed by atoms with Crippen LogP contribution in [0.25, 0.3) is 0 Å². The molecule has 2 aromatic carbocycles. The third kappa shape index (κ3) is 3.75. The van der Waals surface area contributed by atoms with Gasteiger partial charge in [0.1, 0.15) is 0 Å². The van der Waals surface area contributed by atoms with Crippen LogP contribution in [-0.2, 0) is 0 Å². The number of benzene rings is 2. The Labute approximate surface area is 196 Å². The summed E-state index contributed by atoms with van der Waals surface area (Å²) in [5, 5.41) is 14.9. The lowest BCUT2D eigenvalue weighted by Gasteiger charge is -2.17. The summed E-state index contributed by atoms with van der Waals surface area (Å²) in [5.41, 5.74) is -3.15. The summed E-state index contributed by atoms with van der Waals surface area (Å²) in [5.74, 6) is -4.65. The van der Waals surface area contributed by atoms with Crippen LogP contribution in [-0.4, -0.2) is 27.9 Å². The molecule has 5 nitrogen and oxygen atoms in total. The minimum Gasteiger partial charge on any atom is -0.478 e. The molecule has 0 aliphatic carbocycles. The molecular weight excluding hydrogens is 544 g/mol. The van der Waals surface area contributed by atoms with Crippen molar-refractivity contribution in [3.05, 3.63) is 62.4 Å². The molecule has 0 unspecified atom stereocenters. The average molecular weight is 546 g/mol. The number of aromatic carboxylic acids is 2. The molecule has 0 aromatic heterocycles. The van der Waals surface area contributed by atoms with Gasteiger partial charge in [-0.15, -0.1) is 0 Å². The summed E-state index contributed by atoms with van der Waals surface area (Å²) in [6.45, 7) is 0. The van der Waals surface area contributed by atoms with Gasteiger partial charge in [-0.25, -0.2) is 9.59 Å². The quantitative estimate of drug-likeness (QED) is 0.235. The molecule has 2 rings (SSSR count). The van der Waals surface area contributed by atoms with Crippen molar-refractivity contribution < 1.29 is 24.6 Å². The molecule has 0 radical (unpaired) electrons. The molecule has 0 aliphatic rings. The maximum atomic E-state index is 13.2. The summed E-state index contributed by atoms with van der Waals surface area (Å²) in [6, 6.07) is 0. The molecule has 0 atom stereocenters. The van der Waals surface area contributed by atoms with E-state index >= 15 is 0 Å². The first-order valence-electron chi connectivity index (χ1n) is 6.57. The van der Waals surface area contributed by atoms with Crippen LogP contribution in [0.1, 0.15) is 36.6 Å². The van der Waals surface area contributed by atoms with Crippen molar-refractivity contribution in [2.24, 2.45) is 0 Å². The molecule has 0 heterocycles. The first kappa shape index (κ1) is 23.6. The summed E-state index contributed by atoms with van der Waals surface area (Å²) in [7, 11) is 0. The zero-order valence-corrected chi connectivity index (χ0v) is 18.7. The van der Waals surface area contributed by atoms with E-state index in [0.717, 1.165) is 0 Å². The van der Waals surface area contributed by atoms with E-state index in [1.165, 1.54) is 0 Å². The van der Waals surface area contributed by atoms with E-state index in [0.29, 0.717) is 0 Å². The van der Waals surface area contributed by atoms with Gasteiger partial charge < -0.3 is 10.2 Å². The Hall–Kier alpha value is -0.630. The van der Waals surface area contributed by atoms with Crippen molar-refractivity contribution in [3.8, 4) is 0 Å². The zero-order valence-electron chi connectivity index (χ0n) is 12.6. The van der Waals surface area contributed by atoms with E-state index in [1.807, 2.05) is 0 Å². The van der Waals surface area contributed by atoms with Gasteiger partial charge in [-0.3, -0.25) is 4.79 Å². The lowest BCUT2D eigenvalue weighted by molar-refractivity contribution is 0.0686. The van der Waals surface area contributed by atoms with E-state index in [9.17, 15) is 24.6 Å². The maximum Gasteiger partial charge on any atom is 0.338 e. The average Bonchev–Trinajstić information content (AvgIpc) is 2.62. The molecule has 0 spiro atoms. The molecule has 0 aliphatic heterocycles. The van der Waals surface area contributed by atoms with E-state index in [2.05, 4.69) is 0 Å². The molecule has 2 aromatic rings. The molecule has 2 N–H and O–H groups in total. The minimum absolute atomic E-state index is 0.418. The SMILES string of the molecule is O=C(O)c1c(Cl)c(Cl)c(Cl)c(Cl)c1C(=O)c1c(Cl)c(Cl)c(Cl)c(Cl)c1C(=O)O. The Kier molecular flexibility index (Phi) is 7.28. The topological polar surface area (TPSA) is 91.7 Å². The smallest absolute Gasteiger partial charge is 0.338 e. The number of carbonyl (C=O) groups is 3. The Balaban J connectivity index is 3.05. The highest BCUT2D eigenvalue weighted by Gasteiger charge is 2.35. The zero-order chi connectivity index (χ0) is 21.7. The standard InChI is InChI=1S/C15H2Cl8O5/c16-5-1(3(14(25)26)7(18)11(22)9(5)20)13(24)2-4(15(27)28)8(19)12(23)10(21)6(2)17/h(H,25,26)(H,27,28). The summed E-state index contributed by atoms with van der Waals surface area (Å²) in [6.07, 6.45) is 0. The molecule has 0 fully saturated rings. The van der Waals surface area contributed by atoms with Gasteiger partial charge in [0.25, 0.3) is 0 Å². The number of hydrogen-bond donors (Lipinski definition) is 2. The Bertz CT molecular complexity index is 996. The van der Waals surface area contributed by atoms with E-state index < -0.39 is 80.2 Å². The second kappa shape index (κ2) is 8.62. The van der Waals surface area contributed by atoms with E-state index in [-0.39, 0.29) is 0 Å². The van der Waals surface area contributed by atoms with Crippen LogP contribution < -0.4 is 0 Å². The lowest BCUT2D eigenvalue weighted by atomic mass is 9.94. The van der Waals surface area contributed by atoms with E-state index in [4.69, 9.17) is 92.8 Å². The third-order valence-corrected chi connectivity index (χ3v) is 7.02. The van der Waals surface area contributed by atoms with Crippen molar-refractivity contribution >= 4 is 111 Å². The number of carboxylic acids is 2. The van der Waals surface area contributed by atoms with Gasteiger partial charge in [0.05, 0.1) is 62.4 Å². The fourth-order valence-corrected chi connectivity index (χ4v) is 4.26. The molecule has 0 bridgehead atoms. The minimum atomic E-state index is -1.69. The summed E-state index contributed by atoms with van der Waals surface area (Å²) >= 11 is 47.3. The van der Waals surface area contributed by atoms with Gasteiger partial charge in [-0.1, -0.05) is 92.8 Å². The van der Waals surface area contributed by atoms with Crippen molar-refractivity contribution in [3.63, 3.8) is 0 Å². The van der Waals surface area contributed by atoms with Gasteiger partial charge in [-0.05, 0) is 0 Å². The highest BCUT2D eigenvalue weighted by Crippen LogP contribution is 2.46. The van der Waals surface area contributed by atoms with Gasteiger partial charge in [0.15, 0.2) is 5.78 Å².